The van der Waals surface area contributed by atoms with Crippen LogP contribution in [0.2, 0.25) is 0 Å². The fraction of sp³-hybridized carbons (Fsp3) is 0.900. The summed E-state index contributed by atoms with van der Waals surface area (Å²) in [7, 11) is 0. The Morgan fingerprint density at radius 3 is 2.27 bits per heavy atom. The smallest absolute Gasteiger partial charge is 0.310 e. The summed E-state index contributed by atoms with van der Waals surface area (Å²) >= 11 is 0. The molecule has 3 heteroatoms. The van der Waals surface area contributed by atoms with Gasteiger partial charge >= 0.3 is 5.97 Å². The monoisotopic (exact) mass is 456 g/mol. The highest BCUT2D eigenvalue weighted by Crippen LogP contribution is 2.75. The number of hydrogen-bond acceptors (Lipinski definition) is 2. The molecule has 0 bridgehead atoms. The lowest BCUT2D eigenvalue weighted by Crippen LogP contribution is -2.65. The van der Waals surface area contributed by atoms with Gasteiger partial charge in [0.15, 0.2) is 0 Å². The van der Waals surface area contributed by atoms with Crippen molar-refractivity contribution in [3.05, 3.63) is 11.6 Å². The molecule has 0 amide bonds. The predicted octanol–water partition coefficient (Wildman–Crippen LogP) is 7.09. The van der Waals surface area contributed by atoms with Crippen LogP contribution >= 0.6 is 0 Å². The van der Waals surface area contributed by atoms with Crippen LogP contribution in [0.3, 0.4) is 0 Å². The first-order valence-electron chi connectivity index (χ1n) is 13.9. The molecule has 0 heterocycles. The van der Waals surface area contributed by atoms with E-state index in [0.717, 1.165) is 44.9 Å². The molecule has 0 radical (unpaired) electrons. The highest BCUT2D eigenvalue weighted by molar-refractivity contribution is 5.76. The van der Waals surface area contributed by atoms with Crippen molar-refractivity contribution in [1.82, 2.24) is 0 Å². The summed E-state index contributed by atoms with van der Waals surface area (Å²) in [6.45, 7) is 17.0. The van der Waals surface area contributed by atoms with E-state index in [9.17, 15) is 15.0 Å². The molecule has 4 saturated carbocycles. The molecule has 186 valence electrons. The quantitative estimate of drug-likeness (QED) is 0.414. The van der Waals surface area contributed by atoms with Crippen LogP contribution in [0, 0.1) is 56.7 Å². The van der Waals surface area contributed by atoms with Gasteiger partial charge in [-0.05, 0) is 109 Å². The van der Waals surface area contributed by atoms with Gasteiger partial charge in [0.25, 0.3) is 0 Å². The third kappa shape index (κ3) is 2.75. The number of carbonyl (C=O) groups is 1. The van der Waals surface area contributed by atoms with Crippen LogP contribution in [-0.2, 0) is 4.79 Å². The Bertz CT molecular complexity index is 874. The van der Waals surface area contributed by atoms with Crippen molar-refractivity contribution in [3.8, 4) is 0 Å². The Morgan fingerprint density at radius 2 is 1.61 bits per heavy atom. The minimum absolute atomic E-state index is 0.0302. The van der Waals surface area contributed by atoms with E-state index in [1.807, 2.05) is 0 Å². The molecule has 0 spiro atoms. The van der Waals surface area contributed by atoms with Gasteiger partial charge in [-0.15, -0.1) is 0 Å². The first-order chi connectivity index (χ1) is 15.3. The Labute approximate surface area is 201 Å². The van der Waals surface area contributed by atoms with E-state index in [1.165, 1.54) is 18.4 Å². The first-order valence-corrected chi connectivity index (χ1v) is 13.9. The van der Waals surface area contributed by atoms with E-state index in [-0.39, 0.29) is 33.7 Å². The molecular formula is C30H48O3. The molecular weight excluding hydrogens is 408 g/mol. The third-order valence-electron chi connectivity index (χ3n) is 13.4. The first kappa shape index (κ1) is 23.9. The van der Waals surface area contributed by atoms with Gasteiger partial charge in [-0.25, -0.2) is 0 Å². The van der Waals surface area contributed by atoms with Crippen molar-refractivity contribution < 1.29 is 15.0 Å². The number of hydrogen-bond donors (Lipinski definition) is 2. The van der Waals surface area contributed by atoms with Crippen LogP contribution in [0.4, 0.5) is 0 Å². The standard InChI is InChI=1S/C30H48O3/c1-18-10-15-30(25(32)33)17-16-28(6)20(24(30)19(18)2)8-9-22-27(5)13-12-23(31)26(3,4)21(27)11-14-29(22,28)7/h8,18-19,21-24,31H,9-17H2,1-7H3,(H,32,33)/t18-,19+,21+,22-,23-,24?,27?,28-,29-,30+/m1/s1. The highest BCUT2D eigenvalue weighted by atomic mass is 16.4. The number of rotatable bonds is 1. The largest absolute Gasteiger partial charge is 0.481 e. The summed E-state index contributed by atoms with van der Waals surface area (Å²) in [5.74, 6) is 1.82. The van der Waals surface area contributed by atoms with Crippen molar-refractivity contribution >= 4 is 5.97 Å². The number of allylic oxidation sites excluding steroid dienone is 2. The van der Waals surface area contributed by atoms with Crippen molar-refractivity contribution in [3.63, 3.8) is 0 Å². The van der Waals surface area contributed by atoms with Gasteiger partial charge in [-0.1, -0.05) is 60.1 Å². The summed E-state index contributed by atoms with van der Waals surface area (Å²) in [6.07, 6.45) is 11.6. The zero-order valence-electron chi connectivity index (χ0n) is 22.2. The fourth-order valence-corrected chi connectivity index (χ4v) is 10.8. The Balaban J connectivity index is 1.61. The van der Waals surface area contributed by atoms with Crippen LogP contribution < -0.4 is 0 Å². The Hall–Kier alpha value is -0.830. The van der Waals surface area contributed by atoms with Crippen molar-refractivity contribution in [2.24, 2.45) is 56.7 Å². The molecule has 4 fully saturated rings. The zero-order chi connectivity index (χ0) is 24.2. The second-order valence-corrected chi connectivity index (χ2v) is 14.5. The Morgan fingerprint density at radius 1 is 0.909 bits per heavy atom. The number of aliphatic hydroxyl groups is 1. The number of aliphatic carboxylic acids is 1. The second kappa shape index (κ2) is 7.11. The van der Waals surface area contributed by atoms with Crippen molar-refractivity contribution in [1.29, 1.82) is 0 Å². The molecule has 5 aliphatic carbocycles. The maximum absolute atomic E-state index is 12.8. The second-order valence-electron chi connectivity index (χ2n) is 14.5. The van der Waals surface area contributed by atoms with E-state index in [2.05, 4.69) is 54.5 Å². The molecule has 0 aromatic carbocycles. The molecule has 10 atom stereocenters. The molecule has 3 nitrogen and oxygen atoms in total. The molecule has 0 aliphatic heterocycles. The SMILES string of the molecule is C[C@@H]1CC[C@]2(C(=O)O)CC[C@]3(C)C(=CC[C@@H]4C5(C)CC[C@@H](O)C(C)(C)[C@@H]5CC[C@]43C)C2[C@H]1C. The van der Waals surface area contributed by atoms with Gasteiger partial charge in [-0.2, -0.15) is 0 Å². The summed E-state index contributed by atoms with van der Waals surface area (Å²) < 4.78 is 0. The summed E-state index contributed by atoms with van der Waals surface area (Å²) in [5, 5.41) is 21.4. The normalized spacial score (nSPS) is 55.3. The van der Waals surface area contributed by atoms with Gasteiger partial charge in [0, 0.05) is 0 Å². The molecule has 2 N–H and O–H groups in total. The summed E-state index contributed by atoms with van der Waals surface area (Å²) in [4.78, 5) is 12.8. The third-order valence-corrected chi connectivity index (χ3v) is 13.4. The highest BCUT2D eigenvalue weighted by Gasteiger charge is 2.69. The topological polar surface area (TPSA) is 57.5 Å². The zero-order valence-corrected chi connectivity index (χ0v) is 22.2. The van der Waals surface area contributed by atoms with E-state index in [1.54, 1.807) is 0 Å². The lowest BCUT2D eigenvalue weighted by molar-refractivity contribution is -0.206. The van der Waals surface area contributed by atoms with E-state index in [4.69, 9.17) is 0 Å². The Kier molecular flexibility index (Phi) is 5.15. The fourth-order valence-electron chi connectivity index (χ4n) is 10.8. The van der Waals surface area contributed by atoms with Gasteiger partial charge in [0.2, 0.25) is 0 Å². The van der Waals surface area contributed by atoms with Crippen LogP contribution in [0.25, 0.3) is 0 Å². The van der Waals surface area contributed by atoms with Crippen molar-refractivity contribution in [2.75, 3.05) is 0 Å². The van der Waals surface area contributed by atoms with Gasteiger partial charge in [0.1, 0.15) is 0 Å². The average molecular weight is 457 g/mol. The van der Waals surface area contributed by atoms with Gasteiger partial charge in [-0.3, -0.25) is 4.79 Å². The average Bonchev–Trinajstić information content (AvgIpc) is 2.74. The van der Waals surface area contributed by atoms with E-state index >= 15 is 0 Å². The van der Waals surface area contributed by atoms with Crippen LogP contribution in [0.5, 0.6) is 0 Å². The van der Waals surface area contributed by atoms with Crippen LogP contribution in [0.1, 0.15) is 106 Å². The van der Waals surface area contributed by atoms with Crippen LogP contribution in [-0.4, -0.2) is 22.3 Å². The van der Waals surface area contributed by atoms with Crippen LogP contribution in [0.15, 0.2) is 11.6 Å². The minimum atomic E-state index is -0.557. The summed E-state index contributed by atoms with van der Waals surface area (Å²) in [5.41, 5.74) is 1.46. The molecule has 2 unspecified atom stereocenters. The number of carboxylic acid groups (broad SMARTS) is 1. The molecule has 0 saturated heterocycles. The maximum atomic E-state index is 12.8. The lowest BCUT2D eigenvalue weighted by Gasteiger charge is -2.71. The molecule has 0 aromatic heterocycles. The summed E-state index contributed by atoms with van der Waals surface area (Å²) in [6, 6.07) is 0. The lowest BCUT2D eigenvalue weighted by atomic mass is 9.33. The predicted molar refractivity (Wildman–Crippen MR) is 133 cm³/mol. The number of fused-ring (bicyclic) bond motifs is 7. The molecule has 5 rings (SSSR count). The van der Waals surface area contributed by atoms with E-state index < -0.39 is 11.4 Å². The molecule has 5 aliphatic rings. The van der Waals surface area contributed by atoms with Gasteiger partial charge in [0.05, 0.1) is 11.5 Å². The molecule has 0 aromatic rings. The molecule has 33 heavy (non-hydrogen) atoms. The number of aliphatic hydroxyl groups excluding tert-OH is 1. The minimum Gasteiger partial charge on any atom is -0.481 e. The van der Waals surface area contributed by atoms with Gasteiger partial charge < -0.3 is 10.2 Å². The number of carboxylic acids is 1. The van der Waals surface area contributed by atoms with E-state index in [0.29, 0.717) is 23.7 Å². The van der Waals surface area contributed by atoms with Crippen molar-refractivity contribution in [2.45, 2.75) is 112 Å². The maximum Gasteiger partial charge on any atom is 0.310 e.